The molecule has 1 nitrogen and oxygen atoms in total. The summed E-state index contributed by atoms with van der Waals surface area (Å²) in [5, 5.41) is 7.29. The van der Waals surface area contributed by atoms with Crippen molar-refractivity contribution in [3.8, 4) is 0 Å². The van der Waals surface area contributed by atoms with Crippen LogP contribution in [0, 0.1) is 18.6 Å². The quantitative estimate of drug-likeness (QED) is 0.830. The van der Waals surface area contributed by atoms with E-state index in [4.69, 9.17) is 11.6 Å². The molecule has 1 aromatic carbocycles. The van der Waals surface area contributed by atoms with Gasteiger partial charge >= 0.3 is 0 Å². The van der Waals surface area contributed by atoms with E-state index >= 15 is 0 Å². The van der Waals surface area contributed by atoms with Crippen LogP contribution in [0.3, 0.4) is 0 Å². The van der Waals surface area contributed by atoms with Gasteiger partial charge in [0.15, 0.2) is 11.6 Å². The molecule has 18 heavy (non-hydrogen) atoms. The first-order chi connectivity index (χ1) is 8.54. The molecule has 0 aliphatic heterocycles. The molecule has 2 aromatic rings. The highest BCUT2D eigenvalue weighted by Gasteiger charge is 2.20. The van der Waals surface area contributed by atoms with Gasteiger partial charge in [-0.3, -0.25) is 0 Å². The van der Waals surface area contributed by atoms with Gasteiger partial charge in [-0.1, -0.05) is 11.6 Å². The Morgan fingerprint density at radius 3 is 2.39 bits per heavy atom. The van der Waals surface area contributed by atoms with Crippen molar-refractivity contribution in [1.82, 2.24) is 5.32 Å². The fraction of sp³-hybridized carbons (Fsp3) is 0.231. The lowest BCUT2D eigenvalue weighted by molar-refractivity contribution is 0.505. The van der Waals surface area contributed by atoms with Crippen LogP contribution < -0.4 is 5.32 Å². The molecular formula is C13H12ClF2NS. The van der Waals surface area contributed by atoms with Crippen molar-refractivity contribution in [2.75, 3.05) is 7.05 Å². The molecule has 0 aliphatic rings. The lowest BCUT2D eigenvalue weighted by atomic mass is 9.98. The molecule has 0 radical (unpaired) electrons. The zero-order valence-corrected chi connectivity index (χ0v) is 11.5. The monoisotopic (exact) mass is 287 g/mol. The molecule has 1 N–H and O–H groups in total. The summed E-state index contributed by atoms with van der Waals surface area (Å²) in [4.78, 5) is 0. The molecule has 1 atom stereocenters. The van der Waals surface area contributed by atoms with E-state index in [1.54, 1.807) is 18.4 Å². The van der Waals surface area contributed by atoms with E-state index in [0.29, 0.717) is 5.56 Å². The van der Waals surface area contributed by atoms with Crippen LogP contribution in [0.15, 0.2) is 22.9 Å². The molecule has 0 spiro atoms. The van der Waals surface area contributed by atoms with Crippen LogP contribution >= 0.6 is 22.9 Å². The number of benzene rings is 1. The Hall–Kier alpha value is -0.970. The average molecular weight is 288 g/mol. The maximum Gasteiger partial charge on any atom is 0.160 e. The molecule has 0 aliphatic carbocycles. The van der Waals surface area contributed by atoms with Crippen LogP contribution in [-0.2, 0) is 0 Å². The maximum absolute atomic E-state index is 13.3. The van der Waals surface area contributed by atoms with Crippen molar-refractivity contribution >= 4 is 22.9 Å². The Kier molecular flexibility index (Phi) is 4.00. The molecule has 0 fully saturated rings. The number of hydrogen-bond acceptors (Lipinski definition) is 2. The Morgan fingerprint density at radius 1 is 1.17 bits per heavy atom. The minimum absolute atomic E-state index is 0.221. The van der Waals surface area contributed by atoms with Gasteiger partial charge in [0, 0.05) is 5.02 Å². The number of thiophene rings is 1. The minimum atomic E-state index is -0.930. The SMILES string of the molecule is CNC(c1cscc1C)c1cc(F)c(F)cc1Cl. The largest absolute Gasteiger partial charge is 0.309 e. The molecule has 1 unspecified atom stereocenters. The molecule has 5 heteroatoms. The summed E-state index contributed by atoms with van der Waals surface area (Å²) in [7, 11) is 1.76. The van der Waals surface area contributed by atoms with Gasteiger partial charge in [-0.25, -0.2) is 8.78 Å². The first kappa shape index (κ1) is 13.5. The smallest absolute Gasteiger partial charge is 0.160 e. The first-order valence-electron chi connectivity index (χ1n) is 5.39. The van der Waals surface area contributed by atoms with Crippen molar-refractivity contribution in [3.05, 3.63) is 56.2 Å². The lowest BCUT2D eigenvalue weighted by Crippen LogP contribution is -2.18. The van der Waals surface area contributed by atoms with Gasteiger partial charge in [-0.2, -0.15) is 11.3 Å². The highest BCUT2D eigenvalue weighted by Crippen LogP contribution is 2.32. The number of hydrogen-bond donors (Lipinski definition) is 1. The van der Waals surface area contributed by atoms with Crippen LogP contribution in [0.4, 0.5) is 8.78 Å². The average Bonchev–Trinajstić information content (AvgIpc) is 2.73. The third kappa shape index (κ3) is 2.41. The standard InChI is InChI=1S/C13H12ClF2NS/c1-7-5-18-6-9(7)13(17-2)8-3-11(15)12(16)4-10(8)14/h3-6,13,17H,1-2H3. The van der Waals surface area contributed by atoms with Crippen molar-refractivity contribution in [2.45, 2.75) is 13.0 Å². The molecule has 1 heterocycles. The summed E-state index contributed by atoms with van der Waals surface area (Å²) in [5.41, 5.74) is 2.66. The lowest BCUT2D eigenvalue weighted by Gasteiger charge is -2.18. The Labute approximate surface area is 113 Å². The first-order valence-corrected chi connectivity index (χ1v) is 6.71. The van der Waals surface area contributed by atoms with E-state index in [1.807, 2.05) is 17.7 Å². The third-order valence-corrected chi connectivity index (χ3v) is 4.05. The normalized spacial score (nSPS) is 12.7. The Bertz CT molecular complexity index is 568. The Balaban J connectivity index is 2.52. The molecule has 2 rings (SSSR count). The topological polar surface area (TPSA) is 12.0 Å². The van der Waals surface area contributed by atoms with Gasteiger partial charge in [0.05, 0.1) is 6.04 Å². The molecule has 0 bridgehead atoms. The highest BCUT2D eigenvalue weighted by atomic mass is 35.5. The van der Waals surface area contributed by atoms with E-state index in [2.05, 4.69) is 5.32 Å². The molecule has 0 saturated heterocycles. The predicted octanol–water partition coefficient (Wildman–Crippen LogP) is 4.30. The molecular weight excluding hydrogens is 276 g/mol. The minimum Gasteiger partial charge on any atom is -0.309 e. The van der Waals surface area contributed by atoms with Crippen molar-refractivity contribution in [1.29, 1.82) is 0 Å². The van der Waals surface area contributed by atoms with Gasteiger partial charge < -0.3 is 5.32 Å². The van der Waals surface area contributed by atoms with E-state index in [1.165, 1.54) is 0 Å². The summed E-state index contributed by atoms with van der Waals surface area (Å²) in [6.07, 6.45) is 0. The predicted molar refractivity (Wildman–Crippen MR) is 71.3 cm³/mol. The van der Waals surface area contributed by atoms with Crippen LogP contribution in [-0.4, -0.2) is 7.05 Å². The number of nitrogens with one attached hydrogen (secondary N) is 1. The van der Waals surface area contributed by atoms with E-state index in [0.717, 1.165) is 23.3 Å². The second-order valence-electron chi connectivity index (χ2n) is 4.02. The summed E-state index contributed by atoms with van der Waals surface area (Å²) in [6, 6.07) is 1.92. The van der Waals surface area contributed by atoms with Crippen molar-refractivity contribution < 1.29 is 8.78 Å². The summed E-state index contributed by atoms with van der Waals surface area (Å²) in [5.74, 6) is -1.82. The zero-order chi connectivity index (χ0) is 13.3. The van der Waals surface area contributed by atoms with E-state index < -0.39 is 11.6 Å². The van der Waals surface area contributed by atoms with Gasteiger partial charge in [-0.05, 0) is 53.6 Å². The molecule has 1 aromatic heterocycles. The van der Waals surface area contributed by atoms with Crippen LogP contribution in [0.25, 0.3) is 0 Å². The van der Waals surface area contributed by atoms with Gasteiger partial charge in [0.1, 0.15) is 0 Å². The van der Waals surface area contributed by atoms with Crippen molar-refractivity contribution in [3.63, 3.8) is 0 Å². The summed E-state index contributed by atoms with van der Waals surface area (Å²) >= 11 is 7.57. The number of aryl methyl sites for hydroxylation is 1. The Morgan fingerprint density at radius 2 is 1.83 bits per heavy atom. The maximum atomic E-state index is 13.3. The molecule has 0 saturated carbocycles. The summed E-state index contributed by atoms with van der Waals surface area (Å²) < 4.78 is 26.4. The van der Waals surface area contributed by atoms with Gasteiger partial charge in [-0.15, -0.1) is 0 Å². The van der Waals surface area contributed by atoms with Crippen LogP contribution in [0.2, 0.25) is 5.02 Å². The fourth-order valence-corrected chi connectivity index (χ4v) is 3.04. The third-order valence-electron chi connectivity index (χ3n) is 2.85. The van der Waals surface area contributed by atoms with Crippen LogP contribution in [0.1, 0.15) is 22.7 Å². The highest BCUT2D eigenvalue weighted by molar-refractivity contribution is 7.08. The number of halogens is 3. The van der Waals surface area contributed by atoms with Gasteiger partial charge in [0.2, 0.25) is 0 Å². The second kappa shape index (κ2) is 5.34. The zero-order valence-electron chi connectivity index (χ0n) is 9.93. The number of rotatable bonds is 3. The van der Waals surface area contributed by atoms with Crippen molar-refractivity contribution in [2.24, 2.45) is 0 Å². The second-order valence-corrected chi connectivity index (χ2v) is 5.17. The van der Waals surface area contributed by atoms with E-state index in [9.17, 15) is 8.78 Å². The molecule has 0 amide bonds. The molecule has 96 valence electrons. The summed E-state index contributed by atoms with van der Waals surface area (Å²) in [6.45, 7) is 1.98. The fourth-order valence-electron chi connectivity index (χ4n) is 1.90. The van der Waals surface area contributed by atoms with E-state index in [-0.39, 0.29) is 11.1 Å². The van der Waals surface area contributed by atoms with Gasteiger partial charge in [0.25, 0.3) is 0 Å². The van der Waals surface area contributed by atoms with Crippen LogP contribution in [0.5, 0.6) is 0 Å².